The van der Waals surface area contributed by atoms with Gasteiger partial charge in [0, 0.05) is 12.3 Å². The summed E-state index contributed by atoms with van der Waals surface area (Å²) in [5, 5.41) is 119. The zero-order valence-electron chi connectivity index (χ0n) is 45.1. The molecule has 0 bridgehead atoms. The van der Waals surface area contributed by atoms with Gasteiger partial charge in [-0.25, -0.2) is 0 Å². The van der Waals surface area contributed by atoms with Gasteiger partial charge in [0.2, 0.25) is 6.29 Å². The Morgan fingerprint density at radius 2 is 1.30 bits per heavy atom. The first-order valence-corrected chi connectivity index (χ1v) is 27.5. The van der Waals surface area contributed by atoms with E-state index in [0.717, 1.165) is 26.2 Å². The lowest BCUT2D eigenvalue weighted by Gasteiger charge is -2.71. The summed E-state index contributed by atoms with van der Waals surface area (Å²) in [6.07, 6.45) is -19.4. The summed E-state index contributed by atoms with van der Waals surface area (Å²) in [4.78, 5) is 27.6. The zero-order valence-corrected chi connectivity index (χ0v) is 45.1. The molecule has 0 aromatic carbocycles. The van der Waals surface area contributed by atoms with Crippen molar-refractivity contribution in [3.05, 3.63) is 11.6 Å². The third-order valence-electron chi connectivity index (χ3n) is 21.0. The van der Waals surface area contributed by atoms with E-state index >= 15 is 4.79 Å². The summed E-state index contributed by atoms with van der Waals surface area (Å²) in [5.41, 5.74) is -1.71. The van der Waals surface area contributed by atoms with Crippen molar-refractivity contribution in [1.29, 1.82) is 0 Å². The quantitative estimate of drug-likeness (QED) is 0.0726. The van der Waals surface area contributed by atoms with E-state index in [0.29, 0.717) is 44.9 Å². The van der Waals surface area contributed by atoms with E-state index in [4.69, 9.17) is 42.6 Å². The fraction of sp³-hybridized carbons (Fsp3) is 0.926. The molecular formula is C54H86O22. The fourth-order valence-corrected chi connectivity index (χ4v) is 16.1. The van der Waals surface area contributed by atoms with Gasteiger partial charge >= 0.3 is 11.9 Å². The molecule has 9 rings (SSSR count). The van der Waals surface area contributed by atoms with E-state index < -0.39 is 153 Å². The minimum Gasteiger partial charge on any atom is -0.454 e. The molecule has 5 aliphatic carbocycles. The van der Waals surface area contributed by atoms with Crippen molar-refractivity contribution < 1.29 is 108 Å². The van der Waals surface area contributed by atoms with Crippen LogP contribution in [-0.2, 0) is 52.2 Å². The third kappa shape index (κ3) is 9.73. The Balaban J connectivity index is 0.995. The minimum absolute atomic E-state index is 0.0123. The summed E-state index contributed by atoms with van der Waals surface area (Å²) in [6.45, 7) is 14.7. The molecule has 4 aliphatic heterocycles. The molecule has 0 amide bonds. The van der Waals surface area contributed by atoms with Crippen LogP contribution in [-0.4, -0.2) is 211 Å². The van der Waals surface area contributed by atoms with Crippen molar-refractivity contribution >= 4 is 11.9 Å². The summed E-state index contributed by atoms with van der Waals surface area (Å²) in [6, 6.07) is 0. The molecular weight excluding hydrogens is 1000 g/mol. The maximum absolute atomic E-state index is 15.6. The van der Waals surface area contributed by atoms with E-state index in [1.165, 1.54) is 12.5 Å². The normalized spacial score (nSPS) is 53.2. The number of rotatable bonds is 11. The second-order valence-corrected chi connectivity index (χ2v) is 25.8. The monoisotopic (exact) mass is 1090 g/mol. The Kier molecular flexibility index (Phi) is 16.5. The molecule has 0 aromatic heterocycles. The van der Waals surface area contributed by atoms with Crippen LogP contribution in [0.2, 0.25) is 0 Å². The maximum Gasteiger partial charge on any atom is 0.315 e. The molecule has 434 valence electrons. The van der Waals surface area contributed by atoms with Gasteiger partial charge in [-0.2, -0.15) is 0 Å². The molecule has 4 saturated carbocycles. The van der Waals surface area contributed by atoms with Crippen LogP contribution in [0.3, 0.4) is 0 Å². The number of esters is 2. The van der Waals surface area contributed by atoms with Gasteiger partial charge in [-0.15, -0.1) is 0 Å². The minimum atomic E-state index is -1.91. The number of ether oxygens (including phenoxy) is 9. The zero-order chi connectivity index (χ0) is 55.4. The molecule has 76 heavy (non-hydrogen) atoms. The van der Waals surface area contributed by atoms with Crippen molar-refractivity contribution in [1.82, 2.24) is 0 Å². The van der Waals surface area contributed by atoms with E-state index in [1.807, 2.05) is 6.92 Å². The summed E-state index contributed by atoms with van der Waals surface area (Å²) in [7, 11) is 0. The Labute approximate surface area is 443 Å². The van der Waals surface area contributed by atoms with Crippen LogP contribution in [0.15, 0.2) is 11.6 Å². The van der Waals surface area contributed by atoms with E-state index in [9.17, 15) is 61.0 Å². The topological polar surface area (TPSA) is 340 Å². The molecule has 22 heteroatoms. The van der Waals surface area contributed by atoms with Gasteiger partial charge in [0.05, 0.1) is 44.1 Å². The lowest BCUT2D eigenvalue weighted by atomic mass is 9.33. The first-order valence-electron chi connectivity index (χ1n) is 27.5. The number of aliphatic hydroxyl groups is 11. The van der Waals surface area contributed by atoms with E-state index in [1.54, 1.807) is 0 Å². The molecule has 0 aromatic rings. The summed E-state index contributed by atoms with van der Waals surface area (Å²) < 4.78 is 53.4. The van der Waals surface area contributed by atoms with Gasteiger partial charge in [0.15, 0.2) is 31.1 Å². The van der Waals surface area contributed by atoms with Crippen molar-refractivity contribution in [3.8, 4) is 0 Å². The first-order chi connectivity index (χ1) is 35.6. The van der Waals surface area contributed by atoms with Crippen LogP contribution in [0.5, 0.6) is 0 Å². The van der Waals surface area contributed by atoms with Crippen molar-refractivity contribution in [2.75, 3.05) is 26.4 Å². The number of allylic oxidation sites excluding steroid dienone is 2. The van der Waals surface area contributed by atoms with Gasteiger partial charge in [-0.3, -0.25) is 9.59 Å². The fourth-order valence-electron chi connectivity index (χ4n) is 16.1. The van der Waals surface area contributed by atoms with Crippen molar-refractivity contribution in [2.24, 2.45) is 50.2 Å². The second-order valence-electron chi connectivity index (χ2n) is 25.8. The van der Waals surface area contributed by atoms with Crippen molar-refractivity contribution in [2.45, 2.75) is 236 Å². The Bertz CT molecular complexity index is 2130. The number of carbonyl (C=O) groups is 2. The molecule has 22 nitrogen and oxygen atoms in total. The number of carbonyl (C=O) groups excluding carboxylic acids is 2. The molecule has 4 saturated heterocycles. The summed E-state index contributed by atoms with van der Waals surface area (Å²) in [5.74, 6) is -1.54. The average Bonchev–Trinajstić information content (AvgIpc) is 3.56. The van der Waals surface area contributed by atoms with Crippen LogP contribution in [0.1, 0.15) is 120 Å². The molecule has 11 N–H and O–H groups in total. The molecule has 0 spiro atoms. The third-order valence-corrected chi connectivity index (χ3v) is 21.0. The van der Waals surface area contributed by atoms with Gasteiger partial charge in [0.1, 0.15) is 67.1 Å². The van der Waals surface area contributed by atoms with Gasteiger partial charge < -0.3 is 98.8 Å². The van der Waals surface area contributed by atoms with Crippen LogP contribution < -0.4 is 0 Å². The lowest BCUT2D eigenvalue weighted by molar-refractivity contribution is -0.365. The van der Waals surface area contributed by atoms with E-state index in [-0.39, 0.29) is 52.6 Å². The summed E-state index contributed by atoms with van der Waals surface area (Å²) >= 11 is 0. The Morgan fingerprint density at radius 3 is 1.99 bits per heavy atom. The van der Waals surface area contributed by atoms with E-state index in [2.05, 4.69) is 40.7 Å². The largest absolute Gasteiger partial charge is 0.454 e. The van der Waals surface area contributed by atoms with Crippen LogP contribution in [0.4, 0.5) is 0 Å². The van der Waals surface area contributed by atoms with Gasteiger partial charge in [-0.1, -0.05) is 53.2 Å². The average molecular weight is 1090 g/mol. The predicted octanol–water partition coefficient (Wildman–Crippen LogP) is -0.186. The molecule has 4 heterocycles. The highest BCUT2D eigenvalue weighted by molar-refractivity contribution is 5.79. The molecule has 8 fully saturated rings. The van der Waals surface area contributed by atoms with Crippen LogP contribution >= 0.6 is 0 Å². The Morgan fingerprint density at radius 1 is 0.645 bits per heavy atom. The Hall–Kier alpha value is -2.04. The highest BCUT2D eigenvalue weighted by atomic mass is 16.8. The number of hydrogen-bond donors (Lipinski definition) is 11. The lowest BCUT2D eigenvalue weighted by Crippen LogP contribution is -2.67. The molecule has 0 unspecified atom stereocenters. The highest BCUT2D eigenvalue weighted by Crippen LogP contribution is 2.76. The number of hydrogen-bond acceptors (Lipinski definition) is 22. The van der Waals surface area contributed by atoms with Gasteiger partial charge in [-0.05, 0) is 111 Å². The smallest absolute Gasteiger partial charge is 0.315 e. The first kappa shape index (κ1) is 58.6. The standard InChI is InChI=1S/C54H86O22/c1-24-34(59)38(63)41(66)45(71-24)75-43-39(64)37(62)30(22-70-46-42(72-25(2)56)36(61)29(58)21-69-46)73-47(43)76-48(67)54-17-15-49(3,4)19-27(54)26-9-10-32-50(5)13-12-33(74-44-40(65)35(60)28(57)20-68-44)51(6,23-55)31(50)11-14-53(32,8)52(26,7)16-18-54/h9,24,27-47,55,57-66H,10-23H2,1-8H3/t24-,27-,28-,29+,30+,31+,32+,33-,34-,35-,36-,37+,38+,39-,40+,41+,42+,43+,44-,45-,46-,47-,50-,51-,52+,53+,54-/m0/s1. The van der Waals surface area contributed by atoms with Crippen molar-refractivity contribution in [3.63, 3.8) is 0 Å². The number of fused-ring (bicyclic) bond motifs is 7. The predicted molar refractivity (Wildman–Crippen MR) is 260 cm³/mol. The maximum atomic E-state index is 15.6. The van der Waals surface area contributed by atoms with Gasteiger partial charge in [0.25, 0.3) is 0 Å². The molecule has 0 radical (unpaired) electrons. The highest BCUT2D eigenvalue weighted by Gasteiger charge is 2.71. The van der Waals surface area contributed by atoms with Crippen LogP contribution in [0.25, 0.3) is 0 Å². The SMILES string of the molecule is CC(=O)O[C@H]1[C@H](OC[C@H]2O[C@@H](OC(=O)[C@]34CCC(C)(C)C[C@H]3C3=CC[C@@H]5[C@@]6(C)CC[C@H](O[C@@H]7OC[C@H](O)[C@H](O)[C@H]7O)[C@@](C)(CO)[C@@H]6CC[C@@]5(C)[C@]3(C)CC4)[C@H](O[C@@H]3O[C@@H](C)[C@H](O)[C@@H](O)[C@H]3O)[C@@H](O)[C@@H]2O)OC[C@@H](O)[C@@H]1O. The molecule has 9 aliphatic rings. The van der Waals surface area contributed by atoms with Crippen LogP contribution in [0, 0.1) is 50.2 Å². The second kappa shape index (κ2) is 21.4. The number of aliphatic hydroxyl groups excluding tert-OH is 11. The molecule has 27 atom stereocenters.